The number of thiophene rings is 1. The Labute approximate surface area is 117 Å². The maximum atomic E-state index is 11.9. The molecule has 0 atom stereocenters. The van der Waals surface area contributed by atoms with Crippen LogP contribution in [0.25, 0.3) is 0 Å². The van der Waals surface area contributed by atoms with Crippen molar-refractivity contribution >= 4 is 23.2 Å². The van der Waals surface area contributed by atoms with Crippen LogP contribution in [-0.4, -0.2) is 49.4 Å². The zero-order chi connectivity index (χ0) is 13.8. The number of rotatable bonds is 3. The number of nitrogens with one attached hydrogen (secondary N) is 2. The van der Waals surface area contributed by atoms with Crippen LogP contribution in [0, 0.1) is 13.8 Å². The van der Waals surface area contributed by atoms with E-state index in [1.165, 1.54) is 11.3 Å². The van der Waals surface area contributed by atoms with Crippen molar-refractivity contribution in [3.8, 4) is 0 Å². The number of hydrogen-bond acceptors (Lipinski definition) is 4. The summed E-state index contributed by atoms with van der Waals surface area (Å²) in [6, 6.07) is 1.87. The topological polar surface area (TPSA) is 61.4 Å². The molecule has 1 aliphatic rings. The highest BCUT2D eigenvalue weighted by atomic mass is 32.1. The van der Waals surface area contributed by atoms with E-state index in [0.717, 1.165) is 23.5 Å². The van der Waals surface area contributed by atoms with Crippen LogP contribution in [0.2, 0.25) is 0 Å². The Bertz CT molecular complexity index is 459. The average Bonchev–Trinajstić information content (AvgIpc) is 2.77. The number of piperazine rings is 1. The maximum Gasteiger partial charge on any atom is 0.261 e. The first-order chi connectivity index (χ1) is 9.08. The third-order valence-electron chi connectivity index (χ3n) is 3.26. The molecule has 1 aromatic rings. The van der Waals surface area contributed by atoms with Crippen LogP contribution in [0.15, 0.2) is 6.07 Å². The lowest BCUT2D eigenvalue weighted by Gasteiger charge is -2.27. The smallest absolute Gasteiger partial charge is 0.261 e. The fraction of sp³-hybridized carbons (Fsp3) is 0.538. The van der Waals surface area contributed by atoms with Crippen LogP contribution in [0.3, 0.4) is 0 Å². The van der Waals surface area contributed by atoms with Crippen LogP contribution >= 0.6 is 11.3 Å². The number of carbonyl (C=O) groups excluding carboxylic acids is 2. The minimum atomic E-state index is -0.162. The first kappa shape index (κ1) is 14.0. The minimum Gasteiger partial charge on any atom is -0.342 e. The van der Waals surface area contributed by atoms with E-state index in [1.807, 2.05) is 19.9 Å². The second-order valence-corrected chi connectivity index (χ2v) is 5.92. The Morgan fingerprint density at radius 1 is 1.37 bits per heavy atom. The molecule has 2 rings (SSSR count). The van der Waals surface area contributed by atoms with Crippen molar-refractivity contribution in [2.45, 2.75) is 13.8 Å². The van der Waals surface area contributed by atoms with Crippen LogP contribution in [0.5, 0.6) is 0 Å². The minimum absolute atomic E-state index is 0.0140. The lowest BCUT2D eigenvalue weighted by molar-refractivity contribution is -0.130. The lowest BCUT2D eigenvalue weighted by Crippen LogP contribution is -2.49. The molecule has 0 saturated carbocycles. The molecule has 2 N–H and O–H groups in total. The van der Waals surface area contributed by atoms with Crippen LogP contribution < -0.4 is 10.6 Å². The molecule has 1 aliphatic heterocycles. The van der Waals surface area contributed by atoms with Crippen LogP contribution in [-0.2, 0) is 4.79 Å². The molecular weight excluding hydrogens is 262 g/mol. The Kier molecular flexibility index (Phi) is 4.55. The number of hydrogen-bond donors (Lipinski definition) is 2. The van der Waals surface area contributed by atoms with Gasteiger partial charge >= 0.3 is 0 Å². The predicted octanol–water partition coefficient (Wildman–Crippen LogP) is 0.527. The second-order valence-electron chi connectivity index (χ2n) is 4.66. The summed E-state index contributed by atoms with van der Waals surface area (Å²) in [5.41, 5.74) is 1.11. The quantitative estimate of drug-likeness (QED) is 0.849. The van der Waals surface area contributed by atoms with Gasteiger partial charge in [-0.1, -0.05) is 0 Å². The van der Waals surface area contributed by atoms with Gasteiger partial charge in [0.1, 0.15) is 0 Å². The van der Waals surface area contributed by atoms with E-state index < -0.39 is 0 Å². The predicted molar refractivity (Wildman–Crippen MR) is 75.6 cm³/mol. The molecule has 2 amide bonds. The van der Waals surface area contributed by atoms with E-state index in [-0.39, 0.29) is 18.4 Å². The summed E-state index contributed by atoms with van der Waals surface area (Å²) in [5.74, 6) is -0.176. The Balaban J connectivity index is 1.84. The summed E-state index contributed by atoms with van der Waals surface area (Å²) in [6.45, 7) is 7.12. The molecule has 0 bridgehead atoms. The molecule has 6 heteroatoms. The highest BCUT2D eigenvalue weighted by molar-refractivity contribution is 7.14. The summed E-state index contributed by atoms with van der Waals surface area (Å²) in [5, 5.41) is 5.89. The third kappa shape index (κ3) is 3.54. The Hall–Kier alpha value is -1.40. The van der Waals surface area contributed by atoms with E-state index in [1.54, 1.807) is 4.90 Å². The molecule has 0 aromatic carbocycles. The standard InChI is InChI=1S/C13H19N3O2S/c1-9-7-11(19-10(9)2)13(18)15-8-12(17)16-5-3-14-4-6-16/h7,14H,3-6,8H2,1-2H3,(H,15,18). The lowest BCUT2D eigenvalue weighted by atomic mass is 10.3. The molecule has 104 valence electrons. The molecule has 1 saturated heterocycles. The van der Waals surface area contributed by atoms with E-state index >= 15 is 0 Å². The van der Waals surface area contributed by atoms with Crippen molar-refractivity contribution in [1.82, 2.24) is 15.5 Å². The second kappa shape index (κ2) is 6.16. The normalized spacial score (nSPS) is 15.4. The Morgan fingerprint density at radius 3 is 2.63 bits per heavy atom. The number of amides is 2. The summed E-state index contributed by atoms with van der Waals surface area (Å²) in [4.78, 5) is 27.4. The molecule has 2 heterocycles. The highest BCUT2D eigenvalue weighted by Crippen LogP contribution is 2.20. The summed E-state index contributed by atoms with van der Waals surface area (Å²) in [6.07, 6.45) is 0. The monoisotopic (exact) mass is 281 g/mol. The maximum absolute atomic E-state index is 11.9. The molecule has 5 nitrogen and oxygen atoms in total. The van der Waals surface area contributed by atoms with Crippen LogP contribution in [0.1, 0.15) is 20.1 Å². The van der Waals surface area contributed by atoms with E-state index in [9.17, 15) is 9.59 Å². The molecule has 0 unspecified atom stereocenters. The van der Waals surface area contributed by atoms with Gasteiger partial charge in [-0.25, -0.2) is 0 Å². The fourth-order valence-corrected chi connectivity index (χ4v) is 2.90. The largest absolute Gasteiger partial charge is 0.342 e. The molecule has 1 aromatic heterocycles. The van der Waals surface area contributed by atoms with E-state index in [4.69, 9.17) is 0 Å². The number of nitrogens with zero attached hydrogens (tertiary/aromatic N) is 1. The van der Waals surface area contributed by atoms with Gasteiger partial charge in [0, 0.05) is 31.1 Å². The van der Waals surface area contributed by atoms with Gasteiger partial charge in [-0.15, -0.1) is 11.3 Å². The van der Waals surface area contributed by atoms with Gasteiger partial charge in [-0.05, 0) is 25.5 Å². The molecule has 0 radical (unpaired) electrons. The first-order valence-corrected chi connectivity index (χ1v) is 7.23. The van der Waals surface area contributed by atoms with Gasteiger partial charge in [0.25, 0.3) is 5.91 Å². The summed E-state index contributed by atoms with van der Waals surface area (Å²) >= 11 is 1.46. The molecular formula is C13H19N3O2S. The van der Waals surface area contributed by atoms with Gasteiger partial charge < -0.3 is 15.5 Å². The number of carbonyl (C=O) groups is 2. The van der Waals surface area contributed by atoms with Crippen molar-refractivity contribution in [3.63, 3.8) is 0 Å². The molecule has 1 fully saturated rings. The zero-order valence-corrected chi connectivity index (χ0v) is 12.1. The molecule has 19 heavy (non-hydrogen) atoms. The van der Waals surface area contributed by atoms with E-state index in [0.29, 0.717) is 18.0 Å². The highest BCUT2D eigenvalue weighted by Gasteiger charge is 2.17. The fourth-order valence-electron chi connectivity index (χ4n) is 1.95. The summed E-state index contributed by atoms with van der Waals surface area (Å²) in [7, 11) is 0. The summed E-state index contributed by atoms with van der Waals surface area (Å²) < 4.78 is 0. The zero-order valence-electron chi connectivity index (χ0n) is 11.3. The van der Waals surface area contributed by atoms with Gasteiger partial charge in [0.2, 0.25) is 5.91 Å². The van der Waals surface area contributed by atoms with Crippen molar-refractivity contribution in [3.05, 3.63) is 21.4 Å². The van der Waals surface area contributed by atoms with Gasteiger partial charge in [-0.3, -0.25) is 9.59 Å². The third-order valence-corrected chi connectivity index (χ3v) is 4.41. The van der Waals surface area contributed by atoms with Crippen molar-refractivity contribution in [2.24, 2.45) is 0 Å². The number of aryl methyl sites for hydroxylation is 2. The molecule has 0 aliphatic carbocycles. The van der Waals surface area contributed by atoms with Crippen molar-refractivity contribution in [1.29, 1.82) is 0 Å². The Morgan fingerprint density at radius 2 is 2.05 bits per heavy atom. The first-order valence-electron chi connectivity index (χ1n) is 6.41. The van der Waals surface area contributed by atoms with Gasteiger partial charge in [-0.2, -0.15) is 0 Å². The van der Waals surface area contributed by atoms with Crippen molar-refractivity contribution in [2.75, 3.05) is 32.7 Å². The van der Waals surface area contributed by atoms with Gasteiger partial charge in [0.15, 0.2) is 0 Å². The van der Waals surface area contributed by atoms with E-state index in [2.05, 4.69) is 10.6 Å². The average molecular weight is 281 g/mol. The van der Waals surface area contributed by atoms with Crippen LogP contribution in [0.4, 0.5) is 0 Å². The van der Waals surface area contributed by atoms with Gasteiger partial charge in [0.05, 0.1) is 11.4 Å². The van der Waals surface area contributed by atoms with Crippen molar-refractivity contribution < 1.29 is 9.59 Å². The SMILES string of the molecule is Cc1cc(C(=O)NCC(=O)N2CCNCC2)sc1C. The molecule has 0 spiro atoms.